The number of rotatable bonds is 4. The average Bonchev–Trinajstić information content (AvgIpc) is 2.67. The minimum Gasteiger partial charge on any atom is -0.347 e. The second kappa shape index (κ2) is 7.97. The Kier molecular flexibility index (Phi) is 5.84. The Bertz CT molecular complexity index is 941. The Balaban J connectivity index is 2.11. The van der Waals surface area contributed by atoms with Crippen LogP contribution in [0.1, 0.15) is 59.6 Å². The predicted molar refractivity (Wildman–Crippen MR) is 109 cm³/mol. The molecule has 1 amide bonds. The second-order valence-electron chi connectivity index (χ2n) is 6.92. The number of aromatic nitrogens is 1. The van der Waals surface area contributed by atoms with Gasteiger partial charge in [0.2, 0.25) is 5.43 Å². The molecule has 0 bridgehead atoms. The van der Waals surface area contributed by atoms with E-state index < -0.39 is 5.91 Å². The van der Waals surface area contributed by atoms with E-state index in [-0.39, 0.29) is 16.8 Å². The normalized spacial score (nSPS) is 13.4. The van der Waals surface area contributed by atoms with E-state index in [4.69, 9.17) is 0 Å². The van der Waals surface area contributed by atoms with Gasteiger partial charge in [0.25, 0.3) is 5.91 Å². The van der Waals surface area contributed by atoms with Crippen molar-refractivity contribution in [2.24, 2.45) is 0 Å². The number of amides is 1. The standard InChI is InChI=1S/C21H24BrFN2O2/c1-4-13-10-15(23)11-14(5-2)19(13)24-21(27)17-16-8-6-7-9-25(16)12(3)18(22)20(17)26/h10-11H,4-9H2,1-3H3,(H,24,27). The van der Waals surface area contributed by atoms with Crippen molar-refractivity contribution in [1.29, 1.82) is 0 Å². The fourth-order valence-electron chi connectivity index (χ4n) is 3.84. The van der Waals surface area contributed by atoms with Gasteiger partial charge in [0.1, 0.15) is 11.4 Å². The van der Waals surface area contributed by atoms with E-state index >= 15 is 0 Å². The van der Waals surface area contributed by atoms with Crippen LogP contribution in [0.25, 0.3) is 0 Å². The third-order valence-electron chi connectivity index (χ3n) is 5.30. The Labute approximate surface area is 166 Å². The first-order valence-electron chi connectivity index (χ1n) is 9.43. The number of nitrogens with zero attached hydrogens (tertiary/aromatic N) is 1. The molecule has 4 nitrogen and oxygen atoms in total. The van der Waals surface area contributed by atoms with Crippen molar-refractivity contribution >= 4 is 27.5 Å². The summed E-state index contributed by atoms with van der Waals surface area (Å²) in [5.41, 5.74) is 3.66. The van der Waals surface area contributed by atoms with Gasteiger partial charge < -0.3 is 9.88 Å². The number of pyridine rings is 1. The van der Waals surface area contributed by atoms with E-state index in [9.17, 15) is 14.0 Å². The molecule has 2 heterocycles. The van der Waals surface area contributed by atoms with E-state index in [1.165, 1.54) is 12.1 Å². The maximum atomic E-state index is 13.9. The molecule has 144 valence electrons. The molecule has 0 radical (unpaired) electrons. The van der Waals surface area contributed by atoms with E-state index in [0.29, 0.717) is 29.4 Å². The summed E-state index contributed by atoms with van der Waals surface area (Å²) < 4.78 is 16.4. The summed E-state index contributed by atoms with van der Waals surface area (Å²) in [5.74, 6) is -0.723. The molecule has 27 heavy (non-hydrogen) atoms. The van der Waals surface area contributed by atoms with E-state index in [0.717, 1.165) is 41.9 Å². The van der Waals surface area contributed by atoms with Crippen molar-refractivity contribution in [3.05, 3.63) is 60.7 Å². The van der Waals surface area contributed by atoms with Crippen LogP contribution in [-0.4, -0.2) is 10.5 Å². The zero-order chi connectivity index (χ0) is 19.7. The number of hydrogen-bond donors (Lipinski definition) is 1. The summed E-state index contributed by atoms with van der Waals surface area (Å²) in [5, 5.41) is 2.92. The number of fused-ring (bicyclic) bond motifs is 1. The first-order chi connectivity index (χ1) is 12.9. The van der Waals surface area contributed by atoms with E-state index in [2.05, 4.69) is 25.8 Å². The quantitative estimate of drug-likeness (QED) is 0.752. The molecule has 0 atom stereocenters. The van der Waals surface area contributed by atoms with Crippen LogP contribution in [0.4, 0.5) is 10.1 Å². The van der Waals surface area contributed by atoms with Gasteiger partial charge in [-0.15, -0.1) is 0 Å². The Morgan fingerprint density at radius 2 is 1.85 bits per heavy atom. The Morgan fingerprint density at radius 3 is 2.44 bits per heavy atom. The first-order valence-corrected chi connectivity index (χ1v) is 10.2. The highest BCUT2D eigenvalue weighted by Gasteiger charge is 2.26. The van der Waals surface area contributed by atoms with Gasteiger partial charge in [-0.1, -0.05) is 13.8 Å². The minimum absolute atomic E-state index is 0.195. The van der Waals surface area contributed by atoms with E-state index in [1.54, 1.807) is 0 Å². The van der Waals surface area contributed by atoms with Crippen molar-refractivity contribution in [2.75, 3.05) is 5.32 Å². The van der Waals surface area contributed by atoms with Crippen LogP contribution < -0.4 is 10.7 Å². The molecule has 0 unspecified atom stereocenters. The Morgan fingerprint density at radius 1 is 1.22 bits per heavy atom. The van der Waals surface area contributed by atoms with Gasteiger partial charge in [-0.2, -0.15) is 0 Å². The summed E-state index contributed by atoms with van der Waals surface area (Å²) in [7, 11) is 0. The monoisotopic (exact) mass is 434 g/mol. The lowest BCUT2D eigenvalue weighted by atomic mass is 9.99. The van der Waals surface area contributed by atoms with Crippen LogP contribution in [0.2, 0.25) is 0 Å². The number of hydrogen-bond acceptors (Lipinski definition) is 2. The predicted octanol–water partition coefficient (Wildman–Crippen LogP) is 4.77. The molecule has 1 aromatic heterocycles. The summed E-state index contributed by atoms with van der Waals surface area (Å²) in [6.45, 7) is 6.54. The summed E-state index contributed by atoms with van der Waals surface area (Å²) in [4.78, 5) is 26.0. The van der Waals surface area contributed by atoms with Crippen LogP contribution in [0.5, 0.6) is 0 Å². The highest BCUT2D eigenvalue weighted by molar-refractivity contribution is 9.10. The fourth-order valence-corrected chi connectivity index (χ4v) is 4.25. The zero-order valence-electron chi connectivity index (χ0n) is 15.9. The van der Waals surface area contributed by atoms with Crippen LogP contribution in [0.15, 0.2) is 21.4 Å². The van der Waals surface area contributed by atoms with Crippen LogP contribution in [0.3, 0.4) is 0 Å². The molecule has 0 fully saturated rings. The molecule has 0 spiro atoms. The van der Waals surface area contributed by atoms with Gasteiger partial charge in [0, 0.05) is 23.6 Å². The van der Waals surface area contributed by atoms with Crippen LogP contribution >= 0.6 is 15.9 Å². The second-order valence-corrected chi connectivity index (χ2v) is 7.71. The largest absolute Gasteiger partial charge is 0.347 e. The molecule has 6 heteroatoms. The average molecular weight is 435 g/mol. The van der Waals surface area contributed by atoms with Crippen LogP contribution in [-0.2, 0) is 25.8 Å². The summed E-state index contributed by atoms with van der Waals surface area (Å²) >= 11 is 3.37. The highest BCUT2D eigenvalue weighted by atomic mass is 79.9. The molecule has 1 aromatic carbocycles. The Hall–Kier alpha value is -1.95. The van der Waals surface area contributed by atoms with Crippen LogP contribution in [0, 0.1) is 12.7 Å². The van der Waals surface area contributed by atoms with Crippen molar-refractivity contribution in [2.45, 2.75) is 59.4 Å². The smallest absolute Gasteiger partial charge is 0.261 e. The SMILES string of the molecule is CCc1cc(F)cc(CC)c1NC(=O)c1c2n(c(C)c(Br)c1=O)CCCC2. The maximum Gasteiger partial charge on any atom is 0.261 e. The van der Waals surface area contributed by atoms with Gasteiger partial charge in [0.05, 0.1) is 4.47 Å². The van der Waals surface area contributed by atoms with Crippen molar-refractivity contribution < 1.29 is 9.18 Å². The molecule has 0 aliphatic carbocycles. The molecule has 1 aliphatic rings. The third kappa shape index (κ3) is 3.59. The molecular formula is C21H24BrFN2O2. The molecule has 3 rings (SSSR count). The van der Waals surface area contributed by atoms with Gasteiger partial charge in [-0.25, -0.2) is 4.39 Å². The third-order valence-corrected chi connectivity index (χ3v) is 6.24. The molecular weight excluding hydrogens is 411 g/mol. The molecule has 1 aliphatic heterocycles. The first kappa shape index (κ1) is 19.8. The summed E-state index contributed by atoms with van der Waals surface area (Å²) in [6.07, 6.45) is 3.88. The summed E-state index contributed by atoms with van der Waals surface area (Å²) in [6, 6.07) is 2.89. The molecule has 2 aromatic rings. The maximum absolute atomic E-state index is 13.9. The number of benzene rings is 1. The highest BCUT2D eigenvalue weighted by Crippen LogP contribution is 2.27. The number of anilines is 1. The van der Waals surface area contributed by atoms with Gasteiger partial charge in [-0.05, 0) is 78.2 Å². The van der Waals surface area contributed by atoms with Gasteiger partial charge >= 0.3 is 0 Å². The van der Waals surface area contributed by atoms with E-state index in [1.807, 2.05) is 20.8 Å². The lowest BCUT2D eigenvalue weighted by Crippen LogP contribution is -2.31. The topological polar surface area (TPSA) is 51.1 Å². The minimum atomic E-state index is -0.414. The lowest BCUT2D eigenvalue weighted by molar-refractivity contribution is 0.102. The number of carbonyl (C=O) groups is 1. The lowest BCUT2D eigenvalue weighted by Gasteiger charge is -2.25. The number of carbonyl (C=O) groups excluding carboxylic acids is 1. The van der Waals surface area contributed by atoms with Crippen molar-refractivity contribution in [1.82, 2.24) is 4.57 Å². The van der Waals surface area contributed by atoms with Gasteiger partial charge in [0.15, 0.2) is 0 Å². The number of aryl methyl sites for hydroxylation is 2. The molecule has 1 N–H and O–H groups in total. The zero-order valence-corrected chi connectivity index (χ0v) is 17.5. The number of nitrogens with one attached hydrogen (secondary N) is 1. The molecule has 0 saturated carbocycles. The number of halogens is 2. The van der Waals surface area contributed by atoms with Gasteiger partial charge in [-0.3, -0.25) is 9.59 Å². The van der Waals surface area contributed by atoms with Crippen molar-refractivity contribution in [3.63, 3.8) is 0 Å². The molecule has 0 saturated heterocycles. The fraction of sp³-hybridized carbons (Fsp3) is 0.429. The van der Waals surface area contributed by atoms with Crippen molar-refractivity contribution in [3.8, 4) is 0 Å².